The Labute approximate surface area is 143 Å². The minimum Gasteiger partial charge on any atom is -0.326 e. The van der Waals surface area contributed by atoms with E-state index in [4.69, 9.17) is 11.6 Å². The van der Waals surface area contributed by atoms with Gasteiger partial charge in [0.15, 0.2) is 0 Å². The first kappa shape index (κ1) is 17.6. The van der Waals surface area contributed by atoms with Crippen LogP contribution in [-0.4, -0.2) is 18.0 Å². The van der Waals surface area contributed by atoms with E-state index in [0.717, 1.165) is 0 Å². The van der Waals surface area contributed by atoms with Gasteiger partial charge in [-0.25, -0.2) is 9.82 Å². The fourth-order valence-electron chi connectivity index (χ4n) is 1.79. The molecule has 0 saturated carbocycles. The van der Waals surface area contributed by atoms with Gasteiger partial charge >= 0.3 is 0 Å². The molecule has 0 saturated heterocycles. The smallest absolute Gasteiger partial charge is 0.240 e. The Kier molecular flexibility index (Phi) is 6.45. The average Bonchev–Trinajstić information content (AvgIpc) is 2.57. The third-order valence-corrected chi connectivity index (χ3v) is 3.35. The largest absolute Gasteiger partial charge is 0.326 e. The van der Waals surface area contributed by atoms with Gasteiger partial charge in [0.2, 0.25) is 11.8 Å². The van der Waals surface area contributed by atoms with E-state index in [1.54, 1.807) is 24.3 Å². The Hall–Kier alpha value is -2.73. The lowest BCUT2D eigenvalue weighted by atomic mass is 10.2. The van der Waals surface area contributed by atoms with E-state index >= 15 is 0 Å². The molecular weight excluding hydrogens is 333 g/mol. The van der Waals surface area contributed by atoms with Gasteiger partial charge in [0, 0.05) is 29.1 Å². The maximum atomic E-state index is 12.8. The minimum atomic E-state index is -0.396. The van der Waals surface area contributed by atoms with Crippen LogP contribution in [0.1, 0.15) is 18.4 Å². The van der Waals surface area contributed by atoms with E-state index < -0.39 is 5.91 Å². The molecule has 2 amide bonds. The predicted molar refractivity (Wildman–Crippen MR) is 91.5 cm³/mol. The lowest BCUT2D eigenvalue weighted by Gasteiger charge is -2.04. The third-order valence-electron chi connectivity index (χ3n) is 3.01. The number of rotatable bonds is 6. The first-order chi connectivity index (χ1) is 11.5. The predicted octanol–water partition coefficient (Wildman–Crippen LogP) is 3.35. The Bertz CT molecular complexity index is 748. The van der Waals surface area contributed by atoms with Crippen molar-refractivity contribution in [2.45, 2.75) is 12.8 Å². The summed E-state index contributed by atoms with van der Waals surface area (Å²) in [6, 6.07) is 12.4. The van der Waals surface area contributed by atoms with Crippen molar-refractivity contribution in [3.05, 3.63) is 64.9 Å². The van der Waals surface area contributed by atoms with Crippen LogP contribution >= 0.6 is 11.6 Å². The van der Waals surface area contributed by atoms with Gasteiger partial charge in [0.25, 0.3) is 0 Å². The number of hydrogen-bond donors (Lipinski definition) is 2. The molecule has 0 heterocycles. The number of carbonyl (C=O) groups excluding carboxylic acids is 2. The lowest BCUT2D eigenvalue weighted by molar-refractivity contribution is -0.124. The normalized spacial score (nSPS) is 10.6. The first-order valence-electron chi connectivity index (χ1n) is 7.16. The first-order valence-corrected chi connectivity index (χ1v) is 7.54. The molecule has 0 atom stereocenters. The summed E-state index contributed by atoms with van der Waals surface area (Å²) in [5.74, 6) is -1.12. The van der Waals surface area contributed by atoms with Crippen molar-refractivity contribution in [3.63, 3.8) is 0 Å². The molecule has 5 nitrogen and oxygen atoms in total. The molecule has 0 fully saturated rings. The second kappa shape index (κ2) is 8.79. The van der Waals surface area contributed by atoms with Crippen LogP contribution in [0.4, 0.5) is 10.1 Å². The SMILES string of the molecule is O=C(CCC(=O)Nc1ccc(F)cc1)NN=Cc1ccccc1Cl. The van der Waals surface area contributed by atoms with Crippen molar-refractivity contribution in [3.8, 4) is 0 Å². The highest BCUT2D eigenvalue weighted by Crippen LogP contribution is 2.12. The summed E-state index contributed by atoms with van der Waals surface area (Å²) >= 11 is 5.95. The zero-order valence-electron chi connectivity index (χ0n) is 12.6. The highest BCUT2D eigenvalue weighted by Gasteiger charge is 2.07. The summed E-state index contributed by atoms with van der Waals surface area (Å²) in [6.07, 6.45) is 1.40. The van der Waals surface area contributed by atoms with Gasteiger partial charge in [0.1, 0.15) is 5.82 Å². The monoisotopic (exact) mass is 347 g/mol. The van der Waals surface area contributed by atoms with Crippen LogP contribution in [-0.2, 0) is 9.59 Å². The van der Waals surface area contributed by atoms with Gasteiger partial charge in [-0.15, -0.1) is 0 Å². The van der Waals surface area contributed by atoms with Crippen LogP contribution in [0, 0.1) is 5.82 Å². The number of benzene rings is 2. The highest BCUT2D eigenvalue weighted by atomic mass is 35.5. The molecule has 0 aliphatic heterocycles. The highest BCUT2D eigenvalue weighted by molar-refractivity contribution is 6.33. The average molecular weight is 348 g/mol. The van der Waals surface area contributed by atoms with Crippen molar-refractivity contribution in [2.75, 3.05) is 5.32 Å². The number of nitrogens with zero attached hydrogens (tertiary/aromatic N) is 1. The minimum absolute atomic E-state index is 0.00910. The fraction of sp³-hybridized carbons (Fsp3) is 0.118. The summed E-state index contributed by atoms with van der Waals surface area (Å²) in [4.78, 5) is 23.3. The van der Waals surface area contributed by atoms with Gasteiger partial charge in [-0.3, -0.25) is 9.59 Å². The van der Waals surface area contributed by atoms with Gasteiger partial charge in [-0.05, 0) is 30.3 Å². The molecule has 0 radical (unpaired) electrons. The van der Waals surface area contributed by atoms with E-state index in [2.05, 4.69) is 15.8 Å². The topological polar surface area (TPSA) is 70.6 Å². The zero-order valence-corrected chi connectivity index (χ0v) is 13.4. The molecule has 2 aromatic carbocycles. The molecule has 124 valence electrons. The Morgan fingerprint density at radius 3 is 2.42 bits per heavy atom. The number of anilines is 1. The molecule has 0 unspecified atom stereocenters. The van der Waals surface area contributed by atoms with Crippen molar-refractivity contribution < 1.29 is 14.0 Å². The molecule has 2 aromatic rings. The van der Waals surface area contributed by atoms with Crippen LogP contribution < -0.4 is 10.7 Å². The van der Waals surface area contributed by atoms with E-state index in [1.807, 2.05) is 0 Å². The molecule has 0 aliphatic carbocycles. The summed E-state index contributed by atoms with van der Waals surface area (Å²) in [7, 11) is 0. The number of carbonyl (C=O) groups is 2. The van der Waals surface area contributed by atoms with Gasteiger partial charge in [-0.1, -0.05) is 29.8 Å². The lowest BCUT2D eigenvalue weighted by Crippen LogP contribution is -2.20. The van der Waals surface area contributed by atoms with Crippen LogP contribution in [0.25, 0.3) is 0 Å². The van der Waals surface area contributed by atoms with Gasteiger partial charge in [-0.2, -0.15) is 5.10 Å². The van der Waals surface area contributed by atoms with Gasteiger partial charge < -0.3 is 5.32 Å². The van der Waals surface area contributed by atoms with E-state index in [9.17, 15) is 14.0 Å². The fourth-order valence-corrected chi connectivity index (χ4v) is 1.98. The maximum absolute atomic E-state index is 12.8. The number of nitrogens with one attached hydrogen (secondary N) is 2. The third kappa shape index (κ3) is 5.81. The van der Waals surface area contributed by atoms with E-state index in [0.29, 0.717) is 16.3 Å². The molecule has 0 spiro atoms. The van der Waals surface area contributed by atoms with Crippen molar-refractivity contribution in [1.82, 2.24) is 5.43 Å². The quantitative estimate of drug-likeness (QED) is 0.621. The second-order valence-corrected chi connectivity index (χ2v) is 5.28. The maximum Gasteiger partial charge on any atom is 0.240 e. The number of amides is 2. The van der Waals surface area contributed by atoms with E-state index in [1.165, 1.54) is 30.5 Å². The summed E-state index contributed by atoms with van der Waals surface area (Å²) in [6.45, 7) is 0. The van der Waals surface area contributed by atoms with Crippen LogP contribution in [0.5, 0.6) is 0 Å². The second-order valence-electron chi connectivity index (χ2n) is 4.87. The van der Waals surface area contributed by atoms with Crippen molar-refractivity contribution in [2.24, 2.45) is 5.10 Å². The Morgan fingerprint density at radius 2 is 1.71 bits per heavy atom. The van der Waals surface area contributed by atoms with Crippen LogP contribution in [0.2, 0.25) is 5.02 Å². The van der Waals surface area contributed by atoms with Crippen LogP contribution in [0.15, 0.2) is 53.6 Å². The van der Waals surface area contributed by atoms with Crippen molar-refractivity contribution in [1.29, 1.82) is 0 Å². The number of hydrogen-bond acceptors (Lipinski definition) is 3. The molecular formula is C17H15ClFN3O2. The molecule has 0 aromatic heterocycles. The zero-order chi connectivity index (χ0) is 17.4. The number of halogens is 2. The molecule has 2 rings (SSSR count). The standard InChI is InChI=1S/C17H15ClFN3O2/c18-15-4-2-1-3-12(15)11-20-22-17(24)10-9-16(23)21-14-7-5-13(19)6-8-14/h1-8,11H,9-10H2,(H,21,23)(H,22,24). The summed E-state index contributed by atoms with van der Waals surface area (Å²) in [5, 5.41) is 6.89. The Morgan fingerprint density at radius 1 is 1.04 bits per heavy atom. The summed E-state index contributed by atoms with van der Waals surface area (Å²) < 4.78 is 12.8. The molecule has 0 bridgehead atoms. The summed E-state index contributed by atoms with van der Waals surface area (Å²) in [5.41, 5.74) is 3.47. The van der Waals surface area contributed by atoms with Gasteiger partial charge in [0.05, 0.1) is 6.21 Å². The van der Waals surface area contributed by atoms with Crippen LogP contribution in [0.3, 0.4) is 0 Å². The molecule has 7 heteroatoms. The molecule has 0 aliphatic rings. The molecule has 24 heavy (non-hydrogen) atoms. The number of hydrazone groups is 1. The van der Waals surface area contributed by atoms with Crippen molar-refractivity contribution >= 4 is 35.3 Å². The van der Waals surface area contributed by atoms with E-state index in [-0.39, 0.29) is 24.6 Å². The Balaban J connectivity index is 1.73. The molecule has 2 N–H and O–H groups in total.